The molecule has 2 heterocycles. The molecule has 1 aromatic carbocycles. The minimum atomic E-state index is -4.95. The van der Waals surface area contributed by atoms with E-state index in [9.17, 15) is 23.1 Å². The van der Waals surface area contributed by atoms with Crippen molar-refractivity contribution in [1.29, 1.82) is 0 Å². The molecule has 0 spiro atoms. The number of carbonyl (C=O) groups is 1. The van der Waals surface area contributed by atoms with Crippen molar-refractivity contribution in [3.05, 3.63) is 68.5 Å². The van der Waals surface area contributed by atoms with Gasteiger partial charge in [0.25, 0.3) is 5.91 Å². The number of nitrogens with zero attached hydrogens (tertiary/aromatic N) is 2. The van der Waals surface area contributed by atoms with Crippen molar-refractivity contribution in [3.63, 3.8) is 0 Å². The summed E-state index contributed by atoms with van der Waals surface area (Å²) in [5.74, 6) is -1.84. The molecule has 1 aliphatic carbocycles. The van der Waals surface area contributed by atoms with Gasteiger partial charge in [-0.15, -0.1) is 11.3 Å². The van der Waals surface area contributed by atoms with Gasteiger partial charge in [-0.05, 0) is 74.9 Å². The van der Waals surface area contributed by atoms with Crippen molar-refractivity contribution in [2.24, 2.45) is 11.5 Å². The summed E-state index contributed by atoms with van der Waals surface area (Å²) >= 11 is 0.877. The number of phenols is 1. The number of phenolic OH excluding ortho intramolecular Hbond substituents is 1. The van der Waals surface area contributed by atoms with Crippen LogP contribution in [-0.2, 0) is 23.1 Å². The number of hydrogen-bond donors (Lipinski definition) is 3. The van der Waals surface area contributed by atoms with Crippen molar-refractivity contribution >= 4 is 33.2 Å². The second kappa shape index (κ2) is 9.13. The van der Waals surface area contributed by atoms with Crippen LogP contribution >= 0.6 is 11.3 Å². The highest BCUT2D eigenvalue weighted by molar-refractivity contribution is 7.18. The van der Waals surface area contributed by atoms with E-state index in [0.29, 0.717) is 12.0 Å². The van der Waals surface area contributed by atoms with E-state index in [1.54, 1.807) is 26.0 Å². The quantitative estimate of drug-likeness (QED) is 0.278. The Morgan fingerprint density at radius 1 is 1.22 bits per heavy atom. The van der Waals surface area contributed by atoms with Gasteiger partial charge in [0.1, 0.15) is 10.8 Å². The van der Waals surface area contributed by atoms with Gasteiger partial charge in [-0.2, -0.15) is 13.2 Å². The number of thiazole rings is 1. The number of aromatic nitrogens is 2. The molecule has 0 saturated carbocycles. The van der Waals surface area contributed by atoms with Crippen molar-refractivity contribution in [2.45, 2.75) is 58.3 Å². The summed E-state index contributed by atoms with van der Waals surface area (Å²) in [6.45, 7) is 6.48. The highest BCUT2D eigenvalue weighted by Gasteiger charge is 2.45. The molecule has 0 fully saturated rings. The summed E-state index contributed by atoms with van der Waals surface area (Å²) in [5, 5.41) is 10.1. The fraction of sp³-hybridized carbons (Fsp3) is 0.346. The van der Waals surface area contributed by atoms with E-state index in [0.717, 1.165) is 22.5 Å². The van der Waals surface area contributed by atoms with Crippen LogP contribution in [0.4, 0.5) is 17.6 Å². The van der Waals surface area contributed by atoms with Gasteiger partial charge < -0.3 is 16.6 Å². The smallest absolute Gasteiger partial charge is 0.434 e. The normalized spacial score (nSPS) is 17.6. The van der Waals surface area contributed by atoms with Crippen LogP contribution in [-0.4, -0.2) is 21.0 Å². The lowest BCUT2D eigenvalue weighted by Gasteiger charge is -2.18. The van der Waals surface area contributed by atoms with Crippen molar-refractivity contribution in [1.82, 2.24) is 9.97 Å². The predicted molar refractivity (Wildman–Crippen MR) is 135 cm³/mol. The first-order chi connectivity index (χ1) is 17.2. The van der Waals surface area contributed by atoms with Gasteiger partial charge >= 0.3 is 6.18 Å². The maximum atomic E-state index is 15.3. The summed E-state index contributed by atoms with van der Waals surface area (Å²) in [4.78, 5) is 20.2. The van der Waals surface area contributed by atoms with Gasteiger partial charge in [0.2, 0.25) is 0 Å². The number of nitrogens with two attached hydrogens (primary N) is 2. The van der Waals surface area contributed by atoms with Crippen LogP contribution in [0.15, 0.2) is 30.0 Å². The second-order valence-corrected chi connectivity index (χ2v) is 10.3. The van der Waals surface area contributed by atoms with E-state index in [1.807, 2.05) is 6.92 Å². The lowest BCUT2D eigenvalue weighted by Crippen LogP contribution is -2.19. The third-order valence-corrected chi connectivity index (χ3v) is 8.03. The van der Waals surface area contributed by atoms with E-state index < -0.39 is 40.5 Å². The third-order valence-electron chi connectivity index (χ3n) is 6.74. The van der Waals surface area contributed by atoms with Crippen molar-refractivity contribution < 1.29 is 27.5 Å². The summed E-state index contributed by atoms with van der Waals surface area (Å²) in [7, 11) is 0. The largest absolute Gasteiger partial charge is 0.508 e. The van der Waals surface area contributed by atoms with E-state index >= 15 is 4.39 Å². The number of rotatable bonds is 6. The first-order valence-corrected chi connectivity index (χ1v) is 12.3. The molecule has 37 heavy (non-hydrogen) atoms. The first kappa shape index (κ1) is 26.6. The zero-order chi connectivity index (χ0) is 27.4. The summed E-state index contributed by atoms with van der Waals surface area (Å²) < 4.78 is 58.2. The number of pyridine rings is 1. The molecule has 3 aromatic rings. The molecule has 2 aromatic heterocycles. The average Bonchev–Trinajstić information content (AvgIpc) is 3.34. The zero-order valence-corrected chi connectivity index (χ0v) is 21.4. The monoisotopic (exact) mass is 534 g/mol. The lowest BCUT2D eigenvalue weighted by molar-refractivity contribution is -0.141. The van der Waals surface area contributed by atoms with E-state index in [2.05, 4.69) is 9.97 Å². The number of amides is 1. The molecule has 5 N–H and O–H groups in total. The minimum absolute atomic E-state index is 0.0702. The number of alkyl halides is 4. The summed E-state index contributed by atoms with van der Waals surface area (Å²) in [6, 6.07) is 3.32. The Labute approximate surface area is 214 Å². The van der Waals surface area contributed by atoms with Crippen LogP contribution < -0.4 is 11.5 Å². The Balaban J connectivity index is 1.98. The molecule has 0 saturated heterocycles. The molecule has 0 bridgehead atoms. The lowest BCUT2D eigenvalue weighted by atomic mass is 9.89. The van der Waals surface area contributed by atoms with Gasteiger partial charge in [-0.3, -0.25) is 4.79 Å². The SMILES string of the molecule is C/C=C/C(C)(F)c1nc2nc(C(F)(F)F)c3c(c2s1)C(CCc1c(C)ccc(O)c1C)C(N)=C3C(N)=O. The Morgan fingerprint density at radius 2 is 1.89 bits per heavy atom. The van der Waals surface area contributed by atoms with E-state index in [-0.39, 0.29) is 38.8 Å². The molecule has 0 radical (unpaired) electrons. The minimum Gasteiger partial charge on any atom is -0.508 e. The highest BCUT2D eigenvalue weighted by Crippen LogP contribution is 2.51. The molecule has 6 nitrogen and oxygen atoms in total. The Hall–Kier alpha value is -3.47. The van der Waals surface area contributed by atoms with Gasteiger partial charge in [0.15, 0.2) is 17.0 Å². The van der Waals surface area contributed by atoms with Crippen LogP contribution in [0.25, 0.3) is 15.9 Å². The maximum absolute atomic E-state index is 15.3. The molecular formula is C26H26F4N4O2S. The first-order valence-electron chi connectivity index (χ1n) is 11.5. The molecular weight excluding hydrogens is 508 g/mol. The number of halogens is 4. The number of aryl methyl sites for hydroxylation is 1. The maximum Gasteiger partial charge on any atom is 0.434 e. The Bertz CT molecular complexity index is 1490. The van der Waals surface area contributed by atoms with Crippen LogP contribution in [0, 0.1) is 13.8 Å². The van der Waals surface area contributed by atoms with E-state index in [4.69, 9.17) is 11.5 Å². The van der Waals surface area contributed by atoms with Crippen LogP contribution in [0.5, 0.6) is 5.75 Å². The molecule has 1 amide bonds. The van der Waals surface area contributed by atoms with Gasteiger partial charge in [-0.1, -0.05) is 12.1 Å². The topological polar surface area (TPSA) is 115 Å². The van der Waals surface area contributed by atoms with Crippen LogP contribution in [0.3, 0.4) is 0 Å². The number of fused-ring (bicyclic) bond motifs is 3. The van der Waals surface area contributed by atoms with Gasteiger partial charge in [0.05, 0.1) is 10.3 Å². The molecule has 0 aliphatic heterocycles. The number of allylic oxidation sites excluding steroid dienone is 3. The summed E-state index contributed by atoms with van der Waals surface area (Å²) in [5.41, 5.74) is 9.68. The third kappa shape index (κ3) is 4.45. The molecule has 11 heteroatoms. The molecule has 2 unspecified atom stereocenters. The summed E-state index contributed by atoms with van der Waals surface area (Å²) in [6.07, 6.45) is -1.65. The number of carbonyl (C=O) groups excluding carboxylic acids is 1. The number of primary amides is 1. The number of benzene rings is 1. The van der Waals surface area contributed by atoms with Gasteiger partial charge in [-0.25, -0.2) is 14.4 Å². The Morgan fingerprint density at radius 3 is 2.49 bits per heavy atom. The second-order valence-electron chi connectivity index (χ2n) is 9.29. The Kier molecular flexibility index (Phi) is 6.56. The zero-order valence-electron chi connectivity index (χ0n) is 20.6. The fourth-order valence-corrected chi connectivity index (χ4v) is 6.07. The molecule has 196 valence electrons. The van der Waals surface area contributed by atoms with E-state index in [1.165, 1.54) is 19.1 Å². The van der Waals surface area contributed by atoms with Crippen LogP contribution in [0.2, 0.25) is 0 Å². The van der Waals surface area contributed by atoms with Crippen molar-refractivity contribution in [3.8, 4) is 5.75 Å². The fourth-order valence-electron chi connectivity index (χ4n) is 4.94. The van der Waals surface area contributed by atoms with Crippen molar-refractivity contribution in [2.75, 3.05) is 0 Å². The predicted octanol–water partition coefficient (Wildman–Crippen LogP) is 5.68. The number of aromatic hydroxyl groups is 1. The number of hydrogen-bond acceptors (Lipinski definition) is 6. The molecule has 1 aliphatic rings. The van der Waals surface area contributed by atoms with Crippen LogP contribution in [0.1, 0.15) is 64.7 Å². The average molecular weight is 535 g/mol. The molecule has 2 atom stereocenters. The standard InChI is InChI=1S/C26H26F4N4O2S/c1-5-10-25(4,27)24-34-23-20(37-24)16-14(8-7-13-11(2)6-9-15(35)12(13)3)19(31)18(22(32)36)17(16)21(33-23)26(28,29)30/h5-6,9-10,14,35H,7-8,31H2,1-4H3,(H2,32,36)/b10-5+. The highest BCUT2D eigenvalue weighted by atomic mass is 32.1. The van der Waals surface area contributed by atoms with Gasteiger partial charge in [0, 0.05) is 17.2 Å². The molecule has 4 rings (SSSR count).